The molecule has 1 rings (SSSR count). The van der Waals surface area contributed by atoms with Crippen LogP contribution in [0.25, 0.3) is 6.08 Å². The number of Topliss-reactive ketones (excluding diaryl/α,β-unsaturated/α-hetero) is 1. The minimum atomic E-state index is -4.17. The third-order valence-corrected chi connectivity index (χ3v) is 1.98. The van der Waals surface area contributed by atoms with Gasteiger partial charge in [-0.1, -0.05) is 36.4 Å². The fraction of sp³-hybridized carbons (Fsp3) is 0.250. The number of alkyl halides is 3. The molecule has 0 spiro atoms. The molecule has 0 aliphatic carbocycles. The van der Waals surface area contributed by atoms with Crippen LogP contribution in [0.15, 0.2) is 30.3 Å². The maximum Gasteiger partial charge on any atom is 0.392 e. The average molecular weight is 228 g/mol. The van der Waals surface area contributed by atoms with Gasteiger partial charge in [-0.3, -0.25) is 4.79 Å². The largest absolute Gasteiger partial charge is 0.392 e. The van der Waals surface area contributed by atoms with E-state index in [1.165, 1.54) is 13.0 Å². The molecule has 0 aliphatic heterocycles. The Kier molecular flexibility index (Phi) is 3.88. The van der Waals surface area contributed by atoms with Gasteiger partial charge in [0.05, 0.1) is 6.42 Å². The summed E-state index contributed by atoms with van der Waals surface area (Å²) >= 11 is 0. The number of hydrogen-bond acceptors (Lipinski definition) is 1. The summed E-state index contributed by atoms with van der Waals surface area (Å²) < 4.78 is 35.5. The molecule has 1 nitrogen and oxygen atoms in total. The van der Waals surface area contributed by atoms with Gasteiger partial charge in [-0.05, 0) is 12.5 Å². The predicted octanol–water partition coefficient (Wildman–Crippen LogP) is 3.85. The van der Waals surface area contributed by atoms with E-state index >= 15 is 0 Å². The number of carbonyl (C=O) groups is 1. The number of benzene rings is 1. The molecule has 0 fully saturated rings. The number of rotatable bonds is 3. The zero-order chi connectivity index (χ0) is 12.2. The van der Waals surface area contributed by atoms with Gasteiger partial charge in [-0.2, -0.15) is 13.2 Å². The topological polar surface area (TPSA) is 17.1 Å². The summed E-state index contributed by atoms with van der Waals surface area (Å²) in [4.78, 5) is 10.9. The Labute approximate surface area is 91.6 Å². The molecule has 0 radical (unpaired) electrons. The second-order valence-corrected chi connectivity index (χ2v) is 3.40. The first kappa shape index (κ1) is 12.5. The van der Waals surface area contributed by atoms with Crippen LogP contribution >= 0.6 is 0 Å². The van der Waals surface area contributed by atoms with E-state index in [1.807, 2.05) is 0 Å². The molecule has 0 heterocycles. The van der Waals surface area contributed by atoms with Crippen LogP contribution in [-0.4, -0.2) is 12.0 Å². The van der Waals surface area contributed by atoms with Gasteiger partial charge in [0.15, 0.2) is 5.78 Å². The highest BCUT2D eigenvalue weighted by molar-refractivity contribution is 5.94. The average Bonchev–Trinajstić information content (AvgIpc) is 2.16. The molecule has 0 N–H and O–H groups in total. The van der Waals surface area contributed by atoms with Crippen molar-refractivity contribution in [1.82, 2.24) is 0 Å². The summed E-state index contributed by atoms with van der Waals surface area (Å²) in [6.07, 6.45) is -2.67. The van der Waals surface area contributed by atoms with Crippen molar-refractivity contribution in [1.29, 1.82) is 0 Å². The van der Waals surface area contributed by atoms with Crippen LogP contribution in [0, 0.1) is 0 Å². The molecule has 16 heavy (non-hydrogen) atoms. The lowest BCUT2D eigenvalue weighted by atomic mass is 10.1. The van der Waals surface area contributed by atoms with Gasteiger partial charge in [-0.25, -0.2) is 0 Å². The van der Waals surface area contributed by atoms with Crippen LogP contribution in [-0.2, 0) is 0 Å². The van der Waals surface area contributed by atoms with E-state index in [4.69, 9.17) is 0 Å². The summed E-state index contributed by atoms with van der Waals surface area (Å²) in [7, 11) is 0. The highest BCUT2D eigenvalue weighted by Gasteiger charge is 2.24. The van der Waals surface area contributed by atoms with Gasteiger partial charge < -0.3 is 0 Å². The first-order valence-corrected chi connectivity index (χ1v) is 4.73. The van der Waals surface area contributed by atoms with Gasteiger partial charge >= 0.3 is 6.18 Å². The van der Waals surface area contributed by atoms with E-state index < -0.39 is 12.6 Å². The third-order valence-electron chi connectivity index (χ3n) is 1.98. The van der Waals surface area contributed by atoms with Crippen molar-refractivity contribution in [2.45, 2.75) is 19.5 Å². The maximum absolute atomic E-state index is 11.8. The molecular weight excluding hydrogens is 217 g/mol. The monoisotopic (exact) mass is 228 g/mol. The summed E-state index contributed by atoms with van der Waals surface area (Å²) in [5.74, 6) is -0.0641. The Morgan fingerprint density at radius 3 is 2.25 bits per heavy atom. The molecule has 4 heteroatoms. The molecule has 0 atom stereocenters. The quantitative estimate of drug-likeness (QED) is 0.718. The highest BCUT2D eigenvalue weighted by Crippen LogP contribution is 2.20. The summed E-state index contributed by atoms with van der Waals surface area (Å²) in [5, 5.41) is 0. The molecule has 86 valence electrons. The third kappa shape index (κ3) is 4.29. The van der Waals surface area contributed by atoms with Gasteiger partial charge in [0.25, 0.3) is 0 Å². The fourth-order valence-corrected chi connectivity index (χ4v) is 1.16. The van der Waals surface area contributed by atoms with Crippen molar-refractivity contribution in [3.05, 3.63) is 41.5 Å². The smallest absolute Gasteiger partial charge is 0.295 e. The van der Waals surface area contributed by atoms with Crippen molar-refractivity contribution in [2.24, 2.45) is 0 Å². The number of allylic oxidation sites excluding steroid dienone is 1. The molecule has 1 aromatic carbocycles. The highest BCUT2D eigenvalue weighted by atomic mass is 19.4. The number of carbonyl (C=O) groups excluding carboxylic acids is 1. The standard InChI is InChI=1S/C12H11F3O/c1-9(16)11-6-4-10(5-7-11)3-2-8-12(13,14)15/h2-7H,8H2,1H3/b3-2+. The molecule has 0 aromatic heterocycles. The Morgan fingerprint density at radius 2 is 1.81 bits per heavy atom. The fourth-order valence-electron chi connectivity index (χ4n) is 1.16. The van der Waals surface area contributed by atoms with E-state index in [0.717, 1.165) is 6.08 Å². The van der Waals surface area contributed by atoms with Gasteiger partial charge in [0.1, 0.15) is 0 Å². The first-order valence-electron chi connectivity index (χ1n) is 4.73. The van der Waals surface area contributed by atoms with Crippen molar-refractivity contribution >= 4 is 11.9 Å². The summed E-state index contributed by atoms with van der Waals surface area (Å²) in [6.45, 7) is 1.44. The van der Waals surface area contributed by atoms with Crippen LogP contribution in [0.3, 0.4) is 0 Å². The van der Waals surface area contributed by atoms with Crippen molar-refractivity contribution < 1.29 is 18.0 Å². The first-order chi connectivity index (χ1) is 7.38. The van der Waals surface area contributed by atoms with Crippen molar-refractivity contribution in [3.63, 3.8) is 0 Å². The van der Waals surface area contributed by atoms with E-state index in [9.17, 15) is 18.0 Å². The molecule has 0 saturated heterocycles. The number of ketones is 1. The lowest BCUT2D eigenvalue weighted by Crippen LogP contribution is -2.03. The van der Waals surface area contributed by atoms with E-state index in [2.05, 4.69) is 0 Å². The molecule has 0 unspecified atom stereocenters. The zero-order valence-electron chi connectivity index (χ0n) is 8.71. The molecule has 0 amide bonds. The second kappa shape index (κ2) is 4.96. The molecule has 0 bridgehead atoms. The predicted molar refractivity (Wildman–Crippen MR) is 56.2 cm³/mol. The Morgan fingerprint density at radius 1 is 1.25 bits per heavy atom. The minimum Gasteiger partial charge on any atom is -0.295 e. The van der Waals surface area contributed by atoms with E-state index in [1.54, 1.807) is 24.3 Å². The molecule has 0 saturated carbocycles. The van der Waals surface area contributed by atoms with Gasteiger partial charge in [0.2, 0.25) is 0 Å². The van der Waals surface area contributed by atoms with Crippen LogP contribution < -0.4 is 0 Å². The van der Waals surface area contributed by atoms with Crippen LogP contribution in [0.2, 0.25) is 0 Å². The SMILES string of the molecule is CC(=O)c1ccc(/C=C/CC(F)(F)F)cc1. The number of hydrogen-bond donors (Lipinski definition) is 0. The van der Waals surface area contributed by atoms with Crippen LogP contribution in [0.1, 0.15) is 29.3 Å². The zero-order valence-corrected chi connectivity index (χ0v) is 8.71. The minimum absolute atomic E-state index is 0.0641. The second-order valence-electron chi connectivity index (χ2n) is 3.40. The Bertz CT molecular complexity index is 388. The van der Waals surface area contributed by atoms with Gasteiger partial charge in [0, 0.05) is 5.56 Å². The molecule has 0 aliphatic rings. The van der Waals surface area contributed by atoms with E-state index in [0.29, 0.717) is 11.1 Å². The number of halogens is 3. The molecule has 1 aromatic rings. The van der Waals surface area contributed by atoms with Crippen molar-refractivity contribution in [2.75, 3.05) is 0 Å². The Hall–Kier alpha value is -1.58. The summed E-state index contributed by atoms with van der Waals surface area (Å²) in [5.41, 5.74) is 1.20. The Balaban J connectivity index is 2.65. The normalized spacial score (nSPS) is 12.0. The lowest BCUT2D eigenvalue weighted by molar-refractivity contribution is -0.124. The maximum atomic E-state index is 11.8. The van der Waals surface area contributed by atoms with Gasteiger partial charge in [-0.15, -0.1) is 0 Å². The van der Waals surface area contributed by atoms with Crippen LogP contribution in [0.4, 0.5) is 13.2 Å². The van der Waals surface area contributed by atoms with Crippen LogP contribution in [0.5, 0.6) is 0 Å². The van der Waals surface area contributed by atoms with Crippen molar-refractivity contribution in [3.8, 4) is 0 Å². The lowest BCUT2D eigenvalue weighted by Gasteiger charge is -2.00. The summed E-state index contributed by atoms with van der Waals surface area (Å²) in [6, 6.07) is 6.42. The molecular formula is C12H11F3O. The van der Waals surface area contributed by atoms with E-state index in [-0.39, 0.29) is 5.78 Å².